The van der Waals surface area contributed by atoms with Crippen molar-refractivity contribution in [1.29, 1.82) is 0 Å². The fourth-order valence-electron chi connectivity index (χ4n) is 1.85. The predicted octanol–water partition coefficient (Wildman–Crippen LogP) is 2.39. The predicted molar refractivity (Wildman–Crippen MR) is 61.4 cm³/mol. The molecule has 1 heterocycles. The van der Waals surface area contributed by atoms with E-state index in [-0.39, 0.29) is 5.78 Å². The number of Topliss-reactive ketones (excluding diaryl/α,β-unsaturated/α-hetero) is 1. The third-order valence-electron chi connectivity index (χ3n) is 2.54. The van der Waals surface area contributed by atoms with Crippen LogP contribution < -0.4 is 9.47 Å². The zero-order chi connectivity index (χ0) is 11.7. The molecule has 2 aromatic rings. The summed E-state index contributed by atoms with van der Waals surface area (Å²) >= 11 is 0. The molecule has 0 atom stereocenters. The van der Waals surface area contributed by atoms with Gasteiger partial charge in [0.25, 0.3) is 0 Å². The van der Waals surface area contributed by atoms with E-state index in [1.54, 1.807) is 13.3 Å². The standard InChI is InChI=1S/C12H13NO3/c1-7(14)10-11-8(4-5-13-11)6-9(15-2)12(10)16-3/h4-6,13H,1-3H3. The SMILES string of the molecule is COc1cc2cc[nH]c2c(C(C)=O)c1OC. The number of rotatable bonds is 3. The smallest absolute Gasteiger partial charge is 0.173 e. The number of ketones is 1. The number of ether oxygens (including phenoxy) is 2. The summed E-state index contributed by atoms with van der Waals surface area (Å²) in [7, 11) is 3.08. The lowest BCUT2D eigenvalue weighted by molar-refractivity contribution is 0.101. The number of hydrogen-bond acceptors (Lipinski definition) is 3. The molecule has 0 saturated carbocycles. The van der Waals surface area contributed by atoms with Crippen LogP contribution in [-0.2, 0) is 0 Å². The first kappa shape index (κ1) is 10.5. The Morgan fingerprint density at radius 2 is 2.06 bits per heavy atom. The molecule has 0 radical (unpaired) electrons. The first-order chi connectivity index (χ1) is 7.69. The zero-order valence-electron chi connectivity index (χ0n) is 9.46. The fourth-order valence-corrected chi connectivity index (χ4v) is 1.85. The lowest BCUT2D eigenvalue weighted by Crippen LogP contribution is -2.01. The van der Waals surface area contributed by atoms with Crippen molar-refractivity contribution in [2.45, 2.75) is 6.92 Å². The van der Waals surface area contributed by atoms with Crippen LogP contribution in [0.5, 0.6) is 11.5 Å². The third kappa shape index (κ3) is 1.43. The first-order valence-electron chi connectivity index (χ1n) is 4.92. The number of aromatic amines is 1. The number of H-pyrrole nitrogens is 1. The van der Waals surface area contributed by atoms with Crippen LogP contribution in [-0.4, -0.2) is 25.0 Å². The van der Waals surface area contributed by atoms with Crippen molar-refractivity contribution in [3.05, 3.63) is 23.9 Å². The van der Waals surface area contributed by atoms with E-state index in [0.29, 0.717) is 17.1 Å². The molecule has 0 aliphatic heterocycles. The maximum Gasteiger partial charge on any atom is 0.173 e. The van der Waals surface area contributed by atoms with Crippen molar-refractivity contribution in [3.8, 4) is 11.5 Å². The maximum atomic E-state index is 11.6. The average molecular weight is 219 g/mol. The summed E-state index contributed by atoms with van der Waals surface area (Å²) in [6.07, 6.45) is 1.79. The van der Waals surface area contributed by atoms with Crippen LogP contribution in [0, 0.1) is 0 Å². The Labute approximate surface area is 93.2 Å². The Kier molecular flexibility index (Phi) is 2.56. The molecule has 4 nitrogen and oxygen atoms in total. The molecule has 4 heteroatoms. The van der Waals surface area contributed by atoms with Crippen LogP contribution in [0.25, 0.3) is 10.9 Å². The molecule has 0 aliphatic rings. The Hall–Kier alpha value is -1.97. The van der Waals surface area contributed by atoms with Crippen LogP contribution >= 0.6 is 0 Å². The molecule has 0 fully saturated rings. The largest absolute Gasteiger partial charge is 0.493 e. The molecule has 0 spiro atoms. The van der Waals surface area contributed by atoms with Gasteiger partial charge in [0.2, 0.25) is 0 Å². The van der Waals surface area contributed by atoms with E-state index >= 15 is 0 Å². The van der Waals surface area contributed by atoms with Gasteiger partial charge in [-0.15, -0.1) is 0 Å². The molecular formula is C12H13NO3. The molecule has 84 valence electrons. The topological polar surface area (TPSA) is 51.3 Å². The lowest BCUT2D eigenvalue weighted by atomic mass is 10.1. The monoisotopic (exact) mass is 219 g/mol. The molecule has 0 aliphatic carbocycles. The summed E-state index contributed by atoms with van der Waals surface area (Å²) in [6.45, 7) is 1.51. The summed E-state index contributed by atoms with van der Waals surface area (Å²) in [5.74, 6) is 0.993. The molecule has 2 rings (SSSR count). The second-order valence-electron chi connectivity index (χ2n) is 3.49. The van der Waals surface area contributed by atoms with Gasteiger partial charge in [-0.2, -0.15) is 0 Å². The highest BCUT2D eigenvalue weighted by molar-refractivity contribution is 6.09. The quantitative estimate of drug-likeness (QED) is 0.806. The Bertz CT molecular complexity index is 542. The highest BCUT2D eigenvalue weighted by atomic mass is 16.5. The van der Waals surface area contributed by atoms with Crippen LogP contribution in [0.4, 0.5) is 0 Å². The number of benzene rings is 1. The molecular weight excluding hydrogens is 206 g/mol. The number of aromatic nitrogens is 1. The van der Waals surface area contributed by atoms with Gasteiger partial charge < -0.3 is 14.5 Å². The van der Waals surface area contributed by atoms with Crippen molar-refractivity contribution in [1.82, 2.24) is 4.98 Å². The van der Waals surface area contributed by atoms with Crippen LogP contribution in [0.2, 0.25) is 0 Å². The Balaban J connectivity index is 2.87. The molecule has 1 N–H and O–H groups in total. The minimum absolute atomic E-state index is 0.0526. The molecule has 16 heavy (non-hydrogen) atoms. The van der Waals surface area contributed by atoms with Gasteiger partial charge in [-0.3, -0.25) is 4.79 Å². The van der Waals surface area contributed by atoms with Gasteiger partial charge in [-0.05, 0) is 19.1 Å². The second-order valence-corrected chi connectivity index (χ2v) is 3.49. The average Bonchev–Trinajstić information content (AvgIpc) is 2.73. The number of fused-ring (bicyclic) bond motifs is 1. The normalized spacial score (nSPS) is 10.4. The van der Waals surface area contributed by atoms with Gasteiger partial charge in [-0.1, -0.05) is 0 Å². The minimum atomic E-state index is -0.0526. The van der Waals surface area contributed by atoms with Crippen LogP contribution in [0.15, 0.2) is 18.3 Å². The van der Waals surface area contributed by atoms with Gasteiger partial charge in [-0.25, -0.2) is 0 Å². The van der Waals surface area contributed by atoms with Crippen molar-refractivity contribution < 1.29 is 14.3 Å². The fraction of sp³-hybridized carbons (Fsp3) is 0.250. The summed E-state index contributed by atoms with van der Waals surface area (Å²) in [6, 6.07) is 3.74. The summed E-state index contributed by atoms with van der Waals surface area (Å²) < 4.78 is 10.5. The Morgan fingerprint density at radius 3 is 2.62 bits per heavy atom. The van der Waals surface area contributed by atoms with Crippen molar-refractivity contribution >= 4 is 16.7 Å². The van der Waals surface area contributed by atoms with Gasteiger partial charge in [0.05, 0.1) is 25.3 Å². The third-order valence-corrected chi connectivity index (χ3v) is 2.54. The molecule has 0 unspecified atom stereocenters. The first-order valence-corrected chi connectivity index (χ1v) is 4.92. The van der Waals surface area contributed by atoms with Gasteiger partial charge in [0.1, 0.15) is 0 Å². The van der Waals surface area contributed by atoms with E-state index in [2.05, 4.69) is 4.98 Å². The van der Waals surface area contributed by atoms with Crippen molar-refractivity contribution in [3.63, 3.8) is 0 Å². The summed E-state index contributed by atoms with van der Waals surface area (Å²) in [5, 5.41) is 0.933. The summed E-state index contributed by atoms with van der Waals surface area (Å²) in [4.78, 5) is 14.7. The van der Waals surface area contributed by atoms with Gasteiger partial charge >= 0.3 is 0 Å². The maximum absolute atomic E-state index is 11.6. The number of hydrogen-bond donors (Lipinski definition) is 1. The lowest BCUT2D eigenvalue weighted by Gasteiger charge is -2.12. The highest BCUT2D eigenvalue weighted by Gasteiger charge is 2.18. The Morgan fingerprint density at radius 1 is 1.31 bits per heavy atom. The van der Waals surface area contributed by atoms with Crippen molar-refractivity contribution in [2.75, 3.05) is 14.2 Å². The van der Waals surface area contributed by atoms with E-state index in [1.165, 1.54) is 14.0 Å². The second kappa shape index (κ2) is 3.89. The minimum Gasteiger partial charge on any atom is -0.493 e. The molecule has 1 aromatic heterocycles. The van der Waals surface area contributed by atoms with Gasteiger partial charge in [0.15, 0.2) is 17.3 Å². The molecule has 0 saturated heterocycles. The molecule has 0 bridgehead atoms. The van der Waals surface area contributed by atoms with Crippen molar-refractivity contribution in [2.24, 2.45) is 0 Å². The van der Waals surface area contributed by atoms with E-state index in [1.807, 2.05) is 12.1 Å². The molecule has 1 aromatic carbocycles. The van der Waals surface area contributed by atoms with Crippen LogP contribution in [0.1, 0.15) is 17.3 Å². The highest BCUT2D eigenvalue weighted by Crippen LogP contribution is 2.37. The van der Waals surface area contributed by atoms with E-state index in [0.717, 1.165) is 10.9 Å². The van der Waals surface area contributed by atoms with Crippen LogP contribution in [0.3, 0.4) is 0 Å². The van der Waals surface area contributed by atoms with E-state index in [9.17, 15) is 4.79 Å². The number of carbonyl (C=O) groups is 1. The van der Waals surface area contributed by atoms with Gasteiger partial charge in [0, 0.05) is 11.6 Å². The molecule has 0 amide bonds. The number of nitrogens with one attached hydrogen (secondary N) is 1. The van der Waals surface area contributed by atoms with E-state index in [4.69, 9.17) is 9.47 Å². The van der Waals surface area contributed by atoms with E-state index < -0.39 is 0 Å². The number of carbonyl (C=O) groups excluding carboxylic acids is 1. The zero-order valence-corrected chi connectivity index (χ0v) is 9.46. The number of methoxy groups -OCH3 is 2. The summed E-state index contributed by atoms with van der Waals surface area (Å²) in [5.41, 5.74) is 1.31.